The van der Waals surface area contributed by atoms with E-state index in [4.69, 9.17) is 5.11 Å². The van der Waals surface area contributed by atoms with Gasteiger partial charge in [-0.15, -0.1) is 0 Å². The molecule has 1 unspecified atom stereocenters. The maximum absolute atomic E-state index is 12.5. The van der Waals surface area contributed by atoms with Gasteiger partial charge in [-0.1, -0.05) is 42.5 Å². The SMILES string of the molecule is O=C(O)CCCN(Cc1ccccc1)C(=O)CC1C=CCC1. The zero-order valence-electron chi connectivity index (χ0n) is 12.8. The Bertz CT molecular complexity index is 524. The topological polar surface area (TPSA) is 57.6 Å². The molecule has 0 bridgehead atoms. The molecule has 4 nitrogen and oxygen atoms in total. The number of hydrogen-bond donors (Lipinski definition) is 1. The van der Waals surface area contributed by atoms with Crippen molar-refractivity contribution >= 4 is 11.9 Å². The highest BCUT2D eigenvalue weighted by atomic mass is 16.4. The summed E-state index contributed by atoms with van der Waals surface area (Å²) in [5.74, 6) is -0.359. The number of allylic oxidation sites excluding steroid dienone is 2. The van der Waals surface area contributed by atoms with Crippen molar-refractivity contribution in [1.29, 1.82) is 0 Å². The molecule has 0 saturated heterocycles. The van der Waals surface area contributed by atoms with Crippen LogP contribution in [0.25, 0.3) is 0 Å². The maximum Gasteiger partial charge on any atom is 0.303 e. The van der Waals surface area contributed by atoms with E-state index in [9.17, 15) is 9.59 Å². The smallest absolute Gasteiger partial charge is 0.303 e. The van der Waals surface area contributed by atoms with E-state index in [1.165, 1.54) is 0 Å². The lowest BCUT2D eigenvalue weighted by molar-refractivity contribution is -0.138. The molecule has 22 heavy (non-hydrogen) atoms. The van der Waals surface area contributed by atoms with Gasteiger partial charge in [-0.2, -0.15) is 0 Å². The second-order valence-corrected chi connectivity index (χ2v) is 5.77. The van der Waals surface area contributed by atoms with Crippen LogP contribution in [0, 0.1) is 5.92 Å². The lowest BCUT2D eigenvalue weighted by Crippen LogP contribution is -2.32. The van der Waals surface area contributed by atoms with Crippen LogP contribution in [0.4, 0.5) is 0 Å². The Kier molecular flexibility index (Phi) is 6.19. The molecule has 1 aliphatic rings. The van der Waals surface area contributed by atoms with Crippen molar-refractivity contribution in [2.75, 3.05) is 6.54 Å². The average molecular weight is 301 g/mol. The van der Waals surface area contributed by atoms with Gasteiger partial charge < -0.3 is 10.0 Å². The van der Waals surface area contributed by atoms with Crippen molar-refractivity contribution in [2.45, 2.75) is 38.6 Å². The first-order chi connectivity index (χ1) is 10.6. The number of rotatable bonds is 8. The van der Waals surface area contributed by atoms with E-state index in [1.807, 2.05) is 30.3 Å². The first-order valence-electron chi connectivity index (χ1n) is 7.85. The van der Waals surface area contributed by atoms with Crippen molar-refractivity contribution in [3.63, 3.8) is 0 Å². The van der Waals surface area contributed by atoms with E-state index < -0.39 is 5.97 Å². The maximum atomic E-state index is 12.5. The molecule has 4 heteroatoms. The largest absolute Gasteiger partial charge is 0.481 e. The van der Waals surface area contributed by atoms with Gasteiger partial charge in [0.15, 0.2) is 0 Å². The number of carbonyl (C=O) groups is 2. The van der Waals surface area contributed by atoms with Crippen LogP contribution in [0.2, 0.25) is 0 Å². The Morgan fingerprint density at radius 2 is 2.00 bits per heavy atom. The van der Waals surface area contributed by atoms with E-state index in [2.05, 4.69) is 12.2 Å². The Labute approximate surface area is 131 Å². The molecule has 1 amide bonds. The lowest BCUT2D eigenvalue weighted by Gasteiger charge is -2.24. The summed E-state index contributed by atoms with van der Waals surface area (Å²) in [6.45, 7) is 1.05. The van der Waals surface area contributed by atoms with Gasteiger partial charge in [-0.25, -0.2) is 0 Å². The monoisotopic (exact) mass is 301 g/mol. The van der Waals surface area contributed by atoms with Crippen molar-refractivity contribution in [3.8, 4) is 0 Å². The number of hydrogen-bond acceptors (Lipinski definition) is 2. The molecule has 118 valence electrons. The van der Waals surface area contributed by atoms with Crippen LogP contribution in [0.1, 0.15) is 37.7 Å². The molecule has 1 N–H and O–H groups in total. The van der Waals surface area contributed by atoms with Crippen LogP contribution in [-0.2, 0) is 16.1 Å². The van der Waals surface area contributed by atoms with Crippen molar-refractivity contribution < 1.29 is 14.7 Å². The average Bonchev–Trinajstić information content (AvgIpc) is 3.00. The molecule has 1 aromatic rings. The molecule has 0 saturated carbocycles. The molecule has 0 radical (unpaired) electrons. The molecule has 1 atom stereocenters. The van der Waals surface area contributed by atoms with Gasteiger partial charge >= 0.3 is 5.97 Å². The van der Waals surface area contributed by atoms with E-state index >= 15 is 0 Å². The summed E-state index contributed by atoms with van der Waals surface area (Å²) in [4.78, 5) is 25.0. The first-order valence-corrected chi connectivity index (χ1v) is 7.85. The van der Waals surface area contributed by atoms with Crippen molar-refractivity contribution in [2.24, 2.45) is 5.92 Å². The second kappa shape index (κ2) is 8.37. The third-order valence-electron chi connectivity index (χ3n) is 3.94. The van der Waals surface area contributed by atoms with Crippen molar-refractivity contribution in [3.05, 3.63) is 48.0 Å². The minimum absolute atomic E-state index is 0.0991. The lowest BCUT2D eigenvalue weighted by atomic mass is 10.0. The molecular formula is C18H23NO3. The fourth-order valence-electron chi connectivity index (χ4n) is 2.74. The van der Waals surface area contributed by atoms with Gasteiger partial charge in [0.05, 0.1) is 0 Å². The number of carboxylic acids is 1. The number of nitrogens with zero attached hydrogens (tertiary/aromatic N) is 1. The van der Waals surface area contributed by atoms with Crippen LogP contribution in [0.3, 0.4) is 0 Å². The number of carbonyl (C=O) groups excluding carboxylic acids is 1. The normalized spacial score (nSPS) is 16.6. The molecule has 1 aliphatic carbocycles. The second-order valence-electron chi connectivity index (χ2n) is 5.77. The van der Waals surface area contributed by atoms with Gasteiger partial charge in [0.2, 0.25) is 5.91 Å². The van der Waals surface area contributed by atoms with Gasteiger partial charge in [-0.3, -0.25) is 9.59 Å². The van der Waals surface area contributed by atoms with E-state index in [1.54, 1.807) is 4.90 Å². The van der Waals surface area contributed by atoms with Crippen molar-refractivity contribution in [1.82, 2.24) is 4.90 Å². The van der Waals surface area contributed by atoms with Gasteiger partial charge in [0.25, 0.3) is 0 Å². The van der Waals surface area contributed by atoms with Crippen LogP contribution < -0.4 is 0 Å². The molecule has 0 aliphatic heterocycles. The van der Waals surface area contributed by atoms with E-state index in [0.29, 0.717) is 31.8 Å². The van der Waals surface area contributed by atoms with Gasteiger partial charge in [0, 0.05) is 25.9 Å². The summed E-state index contributed by atoms with van der Waals surface area (Å²) >= 11 is 0. The fraction of sp³-hybridized carbons (Fsp3) is 0.444. The standard InChI is InChI=1S/C18H23NO3/c20-17(13-15-7-4-5-8-15)19(12-6-11-18(21)22)14-16-9-2-1-3-10-16/h1-4,7,9-10,15H,5-6,8,11-14H2,(H,21,22). The molecular weight excluding hydrogens is 278 g/mol. The molecule has 0 fully saturated rings. The number of benzene rings is 1. The first kappa shape index (κ1) is 16.3. The van der Waals surface area contributed by atoms with Crippen LogP contribution in [0.15, 0.2) is 42.5 Å². The number of amides is 1. The minimum Gasteiger partial charge on any atom is -0.481 e. The molecule has 2 rings (SSSR count). The highest BCUT2D eigenvalue weighted by molar-refractivity contribution is 5.76. The third kappa shape index (κ3) is 5.35. The predicted molar refractivity (Wildman–Crippen MR) is 85.2 cm³/mol. The van der Waals surface area contributed by atoms with Crippen LogP contribution in [-0.4, -0.2) is 28.4 Å². The van der Waals surface area contributed by atoms with Crippen LogP contribution in [0.5, 0.6) is 0 Å². The molecule has 1 aromatic carbocycles. The quantitative estimate of drug-likeness (QED) is 0.750. The summed E-state index contributed by atoms with van der Waals surface area (Å²) in [7, 11) is 0. The Morgan fingerprint density at radius 3 is 2.64 bits per heavy atom. The summed E-state index contributed by atoms with van der Waals surface area (Å²) in [5.41, 5.74) is 1.08. The van der Waals surface area contributed by atoms with Gasteiger partial charge in [-0.05, 0) is 30.7 Å². The highest BCUT2D eigenvalue weighted by Crippen LogP contribution is 2.22. The highest BCUT2D eigenvalue weighted by Gasteiger charge is 2.19. The summed E-state index contributed by atoms with van der Waals surface area (Å²) in [6.07, 6.45) is 7.46. The molecule has 0 heterocycles. The summed E-state index contributed by atoms with van der Waals surface area (Å²) in [6, 6.07) is 9.84. The zero-order valence-corrected chi connectivity index (χ0v) is 12.8. The molecule has 0 spiro atoms. The summed E-state index contributed by atoms with van der Waals surface area (Å²) < 4.78 is 0. The Morgan fingerprint density at radius 1 is 1.23 bits per heavy atom. The number of aliphatic carboxylic acids is 1. The molecule has 0 aromatic heterocycles. The predicted octanol–water partition coefficient (Wildman–Crippen LogP) is 3.24. The van der Waals surface area contributed by atoms with Gasteiger partial charge in [0.1, 0.15) is 0 Å². The Hall–Kier alpha value is -2.10. The zero-order chi connectivity index (χ0) is 15.8. The minimum atomic E-state index is -0.814. The summed E-state index contributed by atoms with van der Waals surface area (Å²) in [5, 5.41) is 8.77. The fourth-order valence-corrected chi connectivity index (χ4v) is 2.74. The van der Waals surface area contributed by atoms with E-state index in [0.717, 1.165) is 18.4 Å². The third-order valence-corrected chi connectivity index (χ3v) is 3.94. The number of carboxylic acid groups (broad SMARTS) is 1. The van der Waals surface area contributed by atoms with Crippen LogP contribution >= 0.6 is 0 Å². The Balaban J connectivity index is 1.94. The van der Waals surface area contributed by atoms with E-state index in [-0.39, 0.29) is 12.3 Å².